The molecule has 0 spiro atoms. The second-order valence-electron chi connectivity index (χ2n) is 13.1. The quantitative estimate of drug-likeness (QED) is 0.331. The maximum absolute atomic E-state index is 13.3. The molecule has 0 amide bonds. The van der Waals surface area contributed by atoms with E-state index in [9.17, 15) is 4.79 Å². The van der Waals surface area contributed by atoms with E-state index in [-0.39, 0.29) is 18.3 Å². The van der Waals surface area contributed by atoms with E-state index in [4.69, 9.17) is 14.7 Å². The van der Waals surface area contributed by atoms with Crippen molar-refractivity contribution >= 4 is 29.5 Å². The van der Waals surface area contributed by atoms with Gasteiger partial charge in [0.1, 0.15) is 0 Å². The van der Waals surface area contributed by atoms with Gasteiger partial charge >= 0.3 is 5.97 Å². The molecule has 3 aliphatic rings. The molecule has 232 valence electrons. The second-order valence-corrected chi connectivity index (χ2v) is 13.1. The molecule has 6 heteroatoms. The molecule has 0 unspecified atom stereocenters. The van der Waals surface area contributed by atoms with Gasteiger partial charge in [0.05, 0.1) is 36.2 Å². The first-order valence-electron chi connectivity index (χ1n) is 15.8. The number of nitrogens with one attached hydrogen (secondary N) is 2. The largest absolute Gasteiger partial charge is 0.469 e. The zero-order chi connectivity index (χ0) is 32.4. The Morgan fingerprint density at radius 3 is 2.11 bits per heavy atom. The van der Waals surface area contributed by atoms with Crippen LogP contribution in [0.15, 0.2) is 68.3 Å². The fraction of sp³-hybridized carbons (Fsp3) is 0.359. The van der Waals surface area contributed by atoms with Crippen LogP contribution in [0.2, 0.25) is 0 Å². The molecular weight excluding hydrogens is 556 g/mol. The molecule has 3 aromatic rings. The molecule has 8 bridgehead atoms. The van der Waals surface area contributed by atoms with Crippen LogP contribution >= 0.6 is 0 Å². The Labute approximate surface area is 266 Å². The van der Waals surface area contributed by atoms with Crippen LogP contribution in [0.4, 0.5) is 0 Å². The number of ether oxygens (including phenoxy) is 1. The minimum Gasteiger partial charge on any atom is -0.469 e. The van der Waals surface area contributed by atoms with E-state index in [0.29, 0.717) is 6.42 Å². The molecule has 3 aliphatic heterocycles. The van der Waals surface area contributed by atoms with Gasteiger partial charge in [-0.2, -0.15) is 0 Å². The van der Waals surface area contributed by atoms with Crippen LogP contribution in [0.25, 0.3) is 12.2 Å². The standard InChI is InChI=1S/C39H44N4O2/c1-20-11-13-29(14-12-20)19-39-28(9)27(8)36(43-39)18-34-24(5)23(4)32(41-34)16-31-21(2)22(3)33(40-31)17-35-25(6)26(7)38(42-35)30(39)15-37(44)45-10/h11-14,16-18,30,40,42H,15,19H2,1-10H3/t30-,39+/m0/s1. The minimum atomic E-state index is -0.716. The maximum Gasteiger partial charge on any atom is 0.306 e. The van der Waals surface area contributed by atoms with Crippen molar-refractivity contribution in [2.24, 2.45) is 9.98 Å². The number of aromatic amines is 2. The number of methoxy groups -OCH3 is 1. The average Bonchev–Trinajstić information content (AvgIpc) is 3.63. The lowest BCUT2D eigenvalue weighted by molar-refractivity contribution is -0.141. The highest BCUT2D eigenvalue weighted by Crippen LogP contribution is 2.48. The van der Waals surface area contributed by atoms with Gasteiger partial charge in [0.2, 0.25) is 0 Å². The number of allylic oxidation sites excluding steroid dienone is 4. The molecule has 0 fully saturated rings. The first kappa shape index (κ1) is 30.6. The highest BCUT2D eigenvalue weighted by molar-refractivity contribution is 6.23. The number of benzene rings is 1. The monoisotopic (exact) mass is 600 g/mol. The smallest absolute Gasteiger partial charge is 0.306 e. The molecule has 0 saturated heterocycles. The summed E-state index contributed by atoms with van der Waals surface area (Å²) in [7, 11) is 1.47. The van der Waals surface area contributed by atoms with Crippen molar-refractivity contribution in [3.8, 4) is 0 Å². The van der Waals surface area contributed by atoms with E-state index in [1.807, 2.05) is 0 Å². The van der Waals surface area contributed by atoms with Crippen molar-refractivity contribution in [3.05, 3.63) is 114 Å². The van der Waals surface area contributed by atoms with Gasteiger partial charge in [-0.3, -0.25) is 9.79 Å². The SMILES string of the molecule is COC(=O)C[C@H]1c2[nH]c(c(C)c2C)C=c2[nH]c(c(C)c2C)=CC2=NC(=CC3=N[C@]1(Cc1ccc(C)cc1)C(C)=C3C)C(C)=C2C. The van der Waals surface area contributed by atoms with Crippen LogP contribution in [0.5, 0.6) is 0 Å². The van der Waals surface area contributed by atoms with Gasteiger partial charge in [-0.1, -0.05) is 29.8 Å². The molecular formula is C39H44N4O2. The van der Waals surface area contributed by atoms with Crippen LogP contribution < -0.4 is 10.7 Å². The molecule has 2 aromatic heterocycles. The first-order valence-corrected chi connectivity index (χ1v) is 15.8. The predicted molar refractivity (Wildman–Crippen MR) is 185 cm³/mol. The zero-order valence-corrected chi connectivity index (χ0v) is 28.2. The van der Waals surface area contributed by atoms with Gasteiger partial charge in [-0.05, 0) is 131 Å². The Morgan fingerprint density at radius 1 is 0.778 bits per heavy atom. The number of hydrogen-bond acceptors (Lipinski definition) is 4. The number of H-pyrrole nitrogens is 2. The van der Waals surface area contributed by atoms with E-state index in [1.165, 1.54) is 29.4 Å². The van der Waals surface area contributed by atoms with Crippen LogP contribution in [0.3, 0.4) is 0 Å². The summed E-state index contributed by atoms with van der Waals surface area (Å²) in [5.41, 5.74) is 15.8. The summed E-state index contributed by atoms with van der Waals surface area (Å²) >= 11 is 0. The third kappa shape index (κ3) is 5.01. The first-order chi connectivity index (χ1) is 21.3. The van der Waals surface area contributed by atoms with Crippen molar-refractivity contribution in [2.45, 2.75) is 86.6 Å². The summed E-state index contributed by atoms with van der Waals surface area (Å²) in [4.78, 5) is 31.5. The Kier molecular flexibility index (Phi) is 7.59. The van der Waals surface area contributed by atoms with Crippen molar-refractivity contribution in [2.75, 3.05) is 7.11 Å². The number of hydrogen-bond donors (Lipinski definition) is 2. The normalized spacial score (nSPS) is 20.9. The Bertz CT molecular complexity index is 2040. The molecule has 0 saturated carbocycles. The molecule has 0 aliphatic carbocycles. The number of nitrogens with zero attached hydrogens (tertiary/aromatic N) is 2. The Balaban J connectivity index is 1.72. The summed E-state index contributed by atoms with van der Waals surface area (Å²) in [5, 5.41) is 2.12. The molecule has 1 aromatic carbocycles. The van der Waals surface area contributed by atoms with Gasteiger partial charge in [-0.25, -0.2) is 4.99 Å². The lowest BCUT2D eigenvalue weighted by atomic mass is 9.71. The van der Waals surface area contributed by atoms with E-state index < -0.39 is 5.54 Å². The number of aryl methyl sites for hydroxylation is 1. The van der Waals surface area contributed by atoms with Crippen molar-refractivity contribution in [3.63, 3.8) is 0 Å². The van der Waals surface area contributed by atoms with Gasteiger partial charge in [0, 0.05) is 34.4 Å². The Hall–Kier alpha value is -4.45. The van der Waals surface area contributed by atoms with Crippen LogP contribution in [-0.4, -0.2) is 40.0 Å². The van der Waals surface area contributed by atoms with Crippen LogP contribution in [0.1, 0.15) is 84.8 Å². The topological polar surface area (TPSA) is 82.6 Å². The molecule has 6 nitrogen and oxygen atoms in total. The van der Waals surface area contributed by atoms with Gasteiger partial charge in [0.15, 0.2) is 0 Å². The number of fused-ring (bicyclic) bond motifs is 6. The molecule has 6 rings (SSSR count). The average molecular weight is 601 g/mol. The number of carbonyl (C=O) groups is 1. The third-order valence-electron chi connectivity index (χ3n) is 10.7. The molecule has 2 N–H and O–H groups in total. The van der Waals surface area contributed by atoms with E-state index in [1.54, 1.807) is 0 Å². The zero-order valence-electron chi connectivity index (χ0n) is 28.2. The van der Waals surface area contributed by atoms with E-state index >= 15 is 0 Å². The van der Waals surface area contributed by atoms with Crippen LogP contribution in [-0.2, 0) is 16.0 Å². The number of carbonyl (C=O) groups excluding carboxylic acids is 1. The van der Waals surface area contributed by atoms with Gasteiger partial charge in [0.25, 0.3) is 0 Å². The fourth-order valence-corrected chi connectivity index (χ4v) is 7.08. The van der Waals surface area contributed by atoms with Gasteiger partial charge in [-0.15, -0.1) is 0 Å². The highest BCUT2D eigenvalue weighted by atomic mass is 16.5. The number of rotatable bonds is 4. The maximum atomic E-state index is 13.3. The Morgan fingerprint density at radius 2 is 1.44 bits per heavy atom. The fourth-order valence-electron chi connectivity index (χ4n) is 7.08. The summed E-state index contributed by atoms with van der Waals surface area (Å²) < 4.78 is 5.33. The predicted octanol–water partition coefficient (Wildman–Crippen LogP) is 6.60. The lowest BCUT2D eigenvalue weighted by Gasteiger charge is -2.37. The lowest BCUT2D eigenvalue weighted by Crippen LogP contribution is -2.39. The van der Waals surface area contributed by atoms with Gasteiger partial charge < -0.3 is 14.7 Å². The van der Waals surface area contributed by atoms with Crippen molar-refractivity contribution in [1.82, 2.24) is 9.97 Å². The number of esters is 1. The van der Waals surface area contributed by atoms with Crippen molar-refractivity contribution < 1.29 is 9.53 Å². The molecule has 2 atom stereocenters. The molecule has 5 heterocycles. The number of aliphatic imine (C=N–C) groups is 2. The molecule has 45 heavy (non-hydrogen) atoms. The third-order valence-corrected chi connectivity index (χ3v) is 10.7. The summed E-state index contributed by atoms with van der Waals surface area (Å²) in [6.07, 6.45) is 7.35. The summed E-state index contributed by atoms with van der Waals surface area (Å²) in [6.45, 7) is 19.4. The highest BCUT2D eigenvalue weighted by Gasteiger charge is 2.48. The summed E-state index contributed by atoms with van der Waals surface area (Å²) in [6, 6.07) is 8.68. The minimum absolute atomic E-state index is 0.195. The number of aromatic nitrogens is 2. The van der Waals surface area contributed by atoms with E-state index in [0.717, 1.165) is 72.6 Å². The second kappa shape index (κ2) is 11.2. The molecule has 0 radical (unpaired) electrons. The van der Waals surface area contributed by atoms with Crippen LogP contribution in [0, 0.1) is 34.6 Å². The summed E-state index contributed by atoms with van der Waals surface area (Å²) in [5.74, 6) is -0.542. The van der Waals surface area contributed by atoms with Crippen molar-refractivity contribution in [1.29, 1.82) is 0 Å². The van der Waals surface area contributed by atoms with E-state index in [2.05, 4.69) is 115 Å².